The summed E-state index contributed by atoms with van der Waals surface area (Å²) in [7, 11) is 0. The van der Waals surface area contributed by atoms with Crippen molar-refractivity contribution in [3.05, 3.63) is 0 Å². The number of aliphatic hydroxyl groups is 9. The maximum atomic E-state index is 10.6. The molecule has 3 heterocycles. The zero-order valence-corrected chi connectivity index (χ0v) is 17.3. The third-order valence-electron chi connectivity index (χ3n) is 6.00. The molecule has 0 spiro atoms. The van der Waals surface area contributed by atoms with E-state index in [0.29, 0.717) is 0 Å². The first-order valence-corrected chi connectivity index (χ1v) is 10.3. The van der Waals surface area contributed by atoms with Gasteiger partial charge in [0.25, 0.3) is 0 Å². The fraction of sp³-hybridized carbons (Fsp3) is 1.00. The van der Waals surface area contributed by atoms with Crippen molar-refractivity contribution in [3.63, 3.8) is 0 Å². The molecule has 3 fully saturated rings. The molecule has 9 N–H and O–H groups in total. The Kier molecular flexibility index (Phi) is 8.79. The predicted molar refractivity (Wildman–Crippen MR) is 98.7 cm³/mol. The molecule has 188 valence electrons. The SMILES string of the molecule is C[C@H]1O[C@H](O[C@H]2CO[C@H](CO)[C@@H](O)[C@@H]2O[C@@H]2O[C@H](CO)[C@@H](O)[C@H](O)[C@H]2O)[C@@H](O)[C@@H](O)[C@@H]1O. The van der Waals surface area contributed by atoms with E-state index < -0.39 is 99.0 Å². The van der Waals surface area contributed by atoms with Crippen molar-refractivity contribution in [1.82, 2.24) is 0 Å². The third-order valence-corrected chi connectivity index (χ3v) is 6.00. The van der Waals surface area contributed by atoms with Crippen molar-refractivity contribution in [3.8, 4) is 0 Å². The molecule has 0 amide bonds. The van der Waals surface area contributed by atoms with Crippen LogP contribution in [0.25, 0.3) is 0 Å². The van der Waals surface area contributed by atoms with Crippen LogP contribution >= 0.6 is 0 Å². The Balaban J connectivity index is 1.76. The highest BCUT2D eigenvalue weighted by molar-refractivity contribution is 4.94. The Morgan fingerprint density at radius 1 is 0.656 bits per heavy atom. The van der Waals surface area contributed by atoms with Crippen LogP contribution in [-0.4, -0.2) is 152 Å². The highest BCUT2D eigenvalue weighted by Gasteiger charge is 2.51. The predicted octanol–water partition coefficient (Wildman–Crippen LogP) is -5.86. The molecule has 0 aromatic carbocycles. The first-order chi connectivity index (χ1) is 15.1. The van der Waals surface area contributed by atoms with Gasteiger partial charge in [-0.05, 0) is 6.92 Å². The first kappa shape index (κ1) is 26.1. The molecule has 0 radical (unpaired) electrons. The normalized spacial score (nSPS) is 52.7. The molecule has 0 aromatic rings. The molecule has 32 heavy (non-hydrogen) atoms. The highest BCUT2D eigenvalue weighted by Crippen LogP contribution is 2.30. The van der Waals surface area contributed by atoms with Crippen LogP contribution < -0.4 is 0 Å². The van der Waals surface area contributed by atoms with Gasteiger partial charge in [0.15, 0.2) is 12.6 Å². The van der Waals surface area contributed by atoms with Crippen molar-refractivity contribution in [1.29, 1.82) is 0 Å². The van der Waals surface area contributed by atoms with Crippen LogP contribution in [0.3, 0.4) is 0 Å². The van der Waals surface area contributed by atoms with Gasteiger partial charge in [0.2, 0.25) is 0 Å². The molecule has 3 aliphatic heterocycles. The molecule has 3 aliphatic rings. The molecule has 14 nitrogen and oxygen atoms in total. The van der Waals surface area contributed by atoms with Gasteiger partial charge >= 0.3 is 0 Å². The molecule has 3 saturated heterocycles. The lowest BCUT2D eigenvalue weighted by atomic mass is 9.97. The molecular weight excluding hydrogens is 440 g/mol. The number of ether oxygens (including phenoxy) is 5. The minimum atomic E-state index is -1.76. The van der Waals surface area contributed by atoms with Gasteiger partial charge in [0.05, 0.1) is 25.9 Å². The van der Waals surface area contributed by atoms with E-state index >= 15 is 0 Å². The summed E-state index contributed by atoms with van der Waals surface area (Å²) in [4.78, 5) is 0. The number of hydrogen-bond acceptors (Lipinski definition) is 14. The van der Waals surface area contributed by atoms with Gasteiger partial charge in [0, 0.05) is 0 Å². The molecule has 0 aromatic heterocycles. The van der Waals surface area contributed by atoms with Crippen molar-refractivity contribution in [2.24, 2.45) is 0 Å². The van der Waals surface area contributed by atoms with Crippen LogP contribution in [0.15, 0.2) is 0 Å². The van der Waals surface area contributed by atoms with Crippen molar-refractivity contribution < 1.29 is 69.6 Å². The summed E-state index contributed by atoms with van der Waals surface area (Å²) in [5.41, 5.74) is 0. The Labute approximate surface area is 183 Å². The van der Waals surface area contributed by atoms with Crippen LogP contribution in [0.5, 0.6) is 0 Å². The summed E-state index contributed by atoms with van der Waals surface area (Å²) in [6.45, 7) is -0.108. The molecule has 0 aliphatic carbocycles. The minimum absolute atomic E-state index is 0.274. The van der Waals surface area contributed by atoms with Crippen molar-refractivity contribution in [2.45, 2.75) is 92.8 Å². The largest absolute Gasteiger partial charge is 0.394 e. The second-order valence-corrected chi connectivity index (χ2v) is 8.20. The standard InChI is InChI=1S/C18H32O14/c1-5-9(21)12(24)14(26)17(29-5)31-8-4-28-6(2-19)11(23)16(8)32-18-15(27)13(25)10(22)7(3-20)30-18/h5-27H,2-4H2,1H3/t5-,6-,7-,8+,9-,10-,11-,12+,13+,14+,15-,16-,17-,18+/m1/s1. The number of aliphatic hydroxyl groups excluding tert-OH is 9. The van der Waals surface area contributed by atoms with Crippen LogP contribution in [0.2, 0.25) is 0 Å². The summed E-state index contributed by atoms with van der Waals surface area (Å²) in [6.07, 6.45) is -20.1. The zero-order valence-electron chi connectivity index (χ0n) is 17.3. The van der Waals surface area contributed by atoms with Gasteiger partial charge in [-0.1, -0.05) is 0 Å². The fourth-order valence-electron chi connectivity index (χ4n) is 3.92. The van der Waals surface area contributed by atoms with Crippen LogP contribution in [-0.2, 0) is 23.7 Å². The van der Waals surface area contributed by atoms with Crippen LogP contribution in [0.4, 0.5) is 0 Å². The van der Waals surface area contributed by atoms with E-state index in [4.69, 9.17) is 23.7 Å². The second kappa shape index (κ2) is 10.8. The Morgan fingerprint density at radius 2 is 1.22 bits per heavy atom. The van der Waals surface area contributed by atoms with E-state index in [1.165, 1.54) is 6.92 Å². The maximum Gasteiger partial charge on any atom is 0.187 e. The zero-order chi connectivity index (χ0) is 23.7. The molecule has 0 bridgehead atoms. The van der Waals surface area contributed by atoms with Crippen LogP contribution in [0.1, 0.15) is 6.92 Å². The van der Waals surface area contributed by atoms with Crippen LogP contribution in [0, 0.1) is 0 Å². The molecule has 3 rings (SSSR count). The smallest absolute Gasteiger partial charge is 0.187 e. The first-order valence-electron chi connectivity index (χ1n) is 10.3. The highest BCUT2D eigenvalue weighted by atomic mass is 16.7. The summed E-state index contributed by atoms with van der Waals surface area (Å²) in [5, 5.41) is 89.5. The topological polar surface area (TPSA) is 228 Å². The molecular formula is C18H32O14. The van der Waals surface area contributed by atoms with Gasteiger partial charge < -0.3 is 69.6 Å². The van der Waals surface area contributed by atoms with Gasteiger partial charge in [-0.3, -0.25) is 0 Å². The Hall–Kier alpha value is -0.560. The quantitative estimate of drug-likeness (QED) is 0.175. The molecule has 0 saturated carbocycles. The lowest BCUT2D eigenvalue weighted by Crippen LogP contribution is -2.64. The summed E-state index contributed by atoms with van der Waals surface area (Å²) < 4.78 is 27.3. The van der Waals surface area contributed by atoms with Crippen molar-refractivity contribution >= 4 is 0 Å². The average Bonchev–Trinajstić information content (AvgIpc) is 2.78. The molecule has 0 unspecified atom stereocenters. The number of rotatable bonds is 6. The fourth-order valence-corrected chi connectivity index (χ4v) is 3.92. The monoisotopic (exact) mass is 472 g/mol. The lowest BCUT2D eigenvalue weighted by Gasteiger charge is -2.46. The van der Waals surface area contributed by atoms with E-state index in [2.05, 4.69) is 0 Å². The minimum Gasteiger partial charge on any atom is -0.394 e. The average molecular weight is 472 g/mol. The van der Waals surface area contributed by atoms with Gasteiger partial charge in [0.1, 0.15) is 67.1 Å². The number of hydrogen-bond donors (Lipinski definition) is 9. The summed E-state index contributed by atoms with van der Waals surface area (Å²) in [6, 6.07) is 0. The third kappa shape index (κ3) is 5.08. The van der Waals surface area contributed by atoms with E-state index in [1.54, 1.807) is 0 Å². The lowest BCUT2D eigenvalue weighted by molar-refractivity contribution is -0.360. The van der Waals surface area contributed by atoms with Gasteiger partial charge in [-0.15, -0.1) is 0 Å². The Bertz CT molecular complexity index is 594. The molecule has 14 atom stereocenters. The van der Waals surface area contributed by atoms with Crippen molar-refractivity contribution in [2.75, 3.05) is 19.8 Å². The van der Waals surface area contributed by atoms with E-state index in [9.17, 15) is 46.0 Å². The van der Waals surface area contributed by atoms with E-state index in [1.807, 2.05) is 0 Å². The molecule has 14 heteroatoms. The summed E-state index contributed by atoms with van der Waals surface area (Å²) >= 11 is 0. The maximum absolute atomic E-state index is 10.6. The van der Waals surface area contributed by atoms with E-state index in [0.717, 1.165) is 0 Å². The Morgan fingerprint density at radius 3 is 1.81 bits per heavy atom. The van der Waals surface area contributed by atoms with E-state index in [-0.39, 0.29) is 6.61 Å². The summed E-state index contributed by atoms with van der Waals surface area (Å²) in [5.74, 6) is 0. The second-order valence-electron chi connectivity index (χ2n) is 8.20. The van der Waals surface area contributed by atoms with Gasteiger partial charge in [-0.25, -0.2) is 0 Å². The van der Waals surface area contributed by atoms with Gasteiger partial charge in [-0.2, -0.15) is 0 Å².